The summed E-state index contributed by atoms with van der Waals surface area (Å²) in [7, 11) is 0. The van der Waals surface area contributed by atoms with Crippen LogP contribution in [0.4, 0.5) is 0 Å². The van der Waals surface area contributed by atoms with Crippen LogP contribution in [-0.2, 0) is 6.42 Å². The monoisotopic (exact) mass is 200 g/mol. The molecular formula is C15H20. The molecule has 0 spiro atoms. The molecule has 1 rings (SSSR count). The lowest BCUT2D eigenvalue weighted by Gasteiger charge is -2.04. The normalized spacial score (nSPS) is 8.47. The molecule has 0 aliphatic rings. The predicted molar refractivity (Wildman–Crippen MR) is 69.8 cm³/mol. The van der Waals surface area contributed by atoms with E-state index in [-0.39, 0.29) is 0 Å². The number of aryl methyl sites for hydroxylation is 1. The molecule has 1 aromatic carbocycles. The Balaban J connectivity index is 0.000000921. The molecule has 0 fully saturated rings. The molecule has 0 heteroatoms. The van der Waals surface area contributed by atoms with Crippen LogP contribution < -0.4 is 0 Å². The molecule has 0 N–H and O–H groups in total. The van der Waals surface area contributed by atoms with Gasteiger partial charge in [-0.3, -0.25) is 0 Å². The van der Waals surface area contributed by atoms with Crippen LogP contribution in [0, 0.1) is 12.3 Å². The van der Waals surface area contributed by atoms with Crippen LogP contribution in [0.1, 0.15) is 44.4 Å². The largest absolute Gasteiger partial charge is 0.115 e. The zero-order valence-corrected chi connectivity index (χ0v) is 10.2. The van der Waals surface area contributed by atoms with Gasteiger partial charge in [0.25, 0.3) is 0 Å². The number of benzene rings is 1. The summed E-state index contributed by atoms with van der Waals surface area (Å²) in [5.74, 6) is 2.66. The Morgan fingerprint density at radius 1 is 1.33 bits per heavy atom. The molecule has 15 heavy (non-hydrogen) atoms. The molecular weight excluding hydrogens is 180 g/mol. The molecule has 80 valence electrons. The first-order chi connectivity index (χ1) is 7.17. The SMILES string of the molecule is C#Cc1cc(CC)cc(C(=C)C)c1.CC. The maximum Gasteiger partial charge on any atom is 0.0251 e. The summed E-state index contributed by atoms with van der Waals surface area (Å²) in [6.07, 6.45) is 6.37. The zero-order valence-electron chi connectivity index (χ0n) is 10.2. The zero-order chi connectivity index (χ0) is 11.8. The third kappa shape index (κ3) is 4.04. The van der Waals surface area contributed by atoms with Gasteiger partial charge in [0.2, 0.25) is 0 Å². The van der Waals surface area contributed by atoms with Crippen molar-refractivity contribution in [3.63, 3.8) is 0 Å². The highest BCUT2D eigenvalue weighted by Gasteiger charge is 1.98. The van der Waals surface area contributed by atoms with Crippen LogP contribution in [0.3, 0.4) is 0 Å². The smallest absolute Gasteiger partial charge is 0.0251 e. The van der Waals surface area contributed by atoms with Crippen LogP contribution in [0.15, 0.2) is 24.8 Å². The summed E-state index contributed by atoms with van der Waals surface area (Å²) >= 11 is 0. The van der Waals surface area contributed by atoms with Crippen molar-refractivity contribution in [1.82, 2.24) is 0 Å². The van der Waals surface area contributed by atoms with Gasteiger partial charge in [0.15, 0.2) is 0 Å². The Morgan fingerprint density at radius 3 is 2.33 bits per heavy atom. The molecule has 0 heterocycles. The highest BCUT2D eigenvalue weighted by atomic mass is 14.0. The maximum atomic E-state index is 5.36. The highest BCUT2D eigenvalue weighted by molar-refractivity contribution is 5.63. The summed E-state index contributed by atoms with van der Waals surface area (Å²) in [6.45, 7) is 12.0. The molecule has 0 unspecified atom stereocenters. The summed E-state index contributed by atoms with van der Waals surface area (Å²) in [6, 6.07) is 6.19. The summed E-state index contributed by atoms with van der Waals surface area (Å²) in [4.78, 5) is 0. The van der Waals surface area contributed by atoms with Crippen molar-refractivity contribution in [3.8, 4) is 12.3 Å². The Kier molecular flexibility index (Phi) is 6.22. The van der Waals surface area contributed by atoms with E-state index in [1.807, 2.05) is 32.9 Å². The van der Waals surface area contributed by atoms with Gasteiger partial charge in [0, 0.05) is 5.56 Å². The first-order valence-corrected chi connectivity index (χ1v) is 5.43. The van der Waals surface area contributed by atoms with Crippen LogP contribution in [-0.4, -0.2) is 0 Å². The van der Waals surface area contributed by atoms with E-state index in [9.17, 15) is 0 Å². The van der Waals surface area contributed by atoms with E-state index < -0.39 is 0 Å². The van der Waals surface area contributed by atoms with E-state index in [1.165, 1.54) is 5.56 Å². The fraction of sp³-hybridized carbons (Fsp3) is 0.333. The standard InChI is InChI=1S/C13H14.C2H6/c1-5-11-7-12(6-2)9-13(8-11)10(3)4;1-2/h1,7-9H,3,6H2,2,4H3;1-2H3. The second kappa shape index (κ2) is 6.90. The van der Waals surface area contributed by atoms with Gasteiger partial charge in [0.1, 0.15) is 0 Å². The number of allylic oxidation sites excluding steroid dienone is 1. The molecule has 0 nitrogen and oxygen atoms in total. The average Bonchev–Trinajstić information content (AvgIpc) is 2.30. The lowest BCUT2D eigenvalue weighted by molar-refractivity contribution is 1.13. The summed E-state index contributed by atoms with van der Waals surface area (Å²) < 4.78 is 0. The summed E-state index contributed by atoms with van der Waals surface area (Å²) in [5.41, 5.74) is 4.42. The van der Waals surface area contributed by atoms with Crippen LogP contribution in [0.2, 0.25) is 0 Å². The molecule has 0 bridgehead atoms. The van der Waals surface area contributed by atoms with E-state index in [2.05, 4.69) is 25.5 Å². The van der Waals surface area contributed by atoms with Gasteiger partial charge >= 0.3 is 0 Å². The predicted octanol–water partition coefficient (Wildman–Crippen LogP) is 4.29. The van der Waals surface area contributed by atoms with Gasteiger partial charge in [0.05, 0.1) is 0 Å². The lowest BCUT2D eigenvalue weighted by atomic mass is 10.0. The molecule has 0 radical (unpaired) electrons. The first kappa shape index (κ1) is 13.5. The van der Waals surface area contributed by atoms with Gasteiger partial charge in [-0.2, -0.15) is 0 Å². The van der Waals surface area contributed by atoms with Crippen molar-refractivity contribution < 1.29 is 0 Å². The number of rotatable bonds is 2. The van der Waals surface area contributed by atoms with Crippen molar-refractivity contribution in [1.29, 1.82) is 0 Å². The Bertz CT molecular complexity index is 364. The molecule has 0 aromatic heterocycles. The molecule has 0 saturated heterocycles. The van der Waals surface area contributed by atoms with Gasteiger partial charge in [-0.15, -0.1) is 6.42 Å². The Morgan fingerprint density at radius 2 is 1.93 bits per heavy atom. The van der Waals surface area contributed by atoms with Gasteiger partial charge in [-0.05, 0) is 36.6 Å². The number of terminal acetylenes is 1. The minimum absolute atomic E-state index is 0.942. The number of hydrogen-bond acceptors (Lipinski definition) is 0. The van der Waals surface area contributed by atoms with Crippen LogP contribution in [0.5, 0.6) is 0 Å². The van der Waals surface area contributed by atoms with E-state index in [4.69, 9.17) is 6.42 Å². The second-order valence-electron chi connectivity index (χ2n) is 3.20. The van der Waals surface area contributed by atoms with Crippen molar-refractivity contribution >= 4 is 5.57 Å². The van der Waals surface area contributed by atoms with Gasteiger partial charge < -0.3 is 0 Å². The fourth-order valence-corrected chi connectivity index (χ4v) is 1.23. The van der Waals surface area contributed by atoms with Crippen molar-refractivity contribution in [2.24, 2.45) is 0 Å². The van der Waals surface area contributed by atoms with E-state index in [1.54, 1.807) is 0 Å². The Hall–Kier alpha value is -1.48. The van der Waals surface area contributed by atoms with Crippen LogP contribution >= 0.6 is 0 Å². The lowest BCUT2D eigenvalue weighted by Crippen LogP contribution is -1.87. The third-order valence-corrected chi connectivity index (χ3v) is 2.06. The molecule has 0 saturated carbocycles. The fourth-order valence-electron chi connectivity index (χ4n) is 1.23. The van der Waals surface area contributed by atoms with Crippen LogP contribution in [0.25, 0.3) is 5.57 Å². The summed E-state index contributed by atoms with van der Waals surface area (Å²) in [5, 5.41) is 0. The van der Waals surface area contributed by atoms with Crippen molar-refractivity contribution in [2.45, 2.75) is 34.1 Å². The van der Waals surface area contributed by atoms with Gasteiger partial charge in [-0.25, -0.2) is 0 Å². The molecule has 0 aliphatic carbocycles. The van der Waals surface area contributed by atoms with E-state index >= 15 is 0 Å². The number of hydrogen-bond donors (Lipinski definition) is 0. The van der Waals surface area contributed by atoms with Crippen molar-refractivity contribution in [2.75, 3.05) is 0 Å². The average molecular weight is 200 g/mol. The van der Waals surface area contributed by atoms with Gasteiger partial charge in [-0.1, -0.05) is 44.9 Å². The molecule has 1 aromatic rings. The topological polar surface area (TPSA) is 0 Å². The minimum Gasteiger partial charge on any atom is -0.115 e. The first-order valence-electron chi connectivity index (χ1n) is 5.43. The van der Waals surface area contributed by atoms with E-state index in [0.29, 0.717) is 0 Å². The third-order valence-electron chi connectivity index (χ3n) is 2.06. The van der Waals surface area contributed by atoms with Crippen molar-refractivity contribution in [3.05, 3.63) is 41.5 Å². The Labute approximate surface area is 94.0 Å². The van der Waals surface area contributed by atoms with E-state index in [0.717, 1.165) is 23.1 Å². The molecule has 0 aliphatic heterocycles. The quantitative estimate of drug-likeness (QED) is 0.625. The molecule has 0 atom stereocenters. The molecule has 0 amide bonds. The highest BCUT2D eigenvalue weighted by Crippen LogP contribution is 2.16. The maximum absolute atomic E-state index is 5.36. The second-order valence-corrected chi connectivity index (χ2v) is 3.20. The minimum atomic E-state index is 0.942.